The summed E-state index contributed by atoms with van der Waals surface area (Å²) in [5.41, 5.74) is 0. The van der Waals surface area contributed by atoms with Gasteiger partial charge >= 0.3 is 5.97 Å². The van der Waals surface area contributed by atoms with Crippen molar-refractivity contribution in [3.63, 3.8) is 0 Å². The Kier molecular flexibility index (Phi) is 2.97. The van der Waals surface area contributed by atoms with E-state index in [2.05, 4.69) is 10.2 Å². The van der Waals surface area contributed by atoms with E-state index in [0.717, 1.165) is 0 Å². The van der Waals surface area contributed by atoms with E-state index >= 15 is 0 Å². The summed E-state index contributed by atoms with van der Waals surface area (Å²) in [6.45, 7) is 3.11. The topological polar surface area (TPSA) is 85.5 Å². The van der Waals surface area contributed by atoms with E-state index in [4.69, 9.17) is 14.3 Å². The summed E-state index contributed by atoms with van der Waals surface area (Å²) < 4.78 is 9.88. The van der Waals surface area contributed by atoms with Crippen LogP contribution in [0.3, 0.4) is 0 Å². The van der Waals surface area contributed by atoms with Crippen LogP contribution in [0.15, 0.2) is 4.42 Å². The van der Waals surface area contributed by atoms with E-state index in [-0.39, 0.29) is 12.5 Å². The van der Waals surface area contributed by atoms with Gasteiger partial charge in [0.25, 0.3) is 0 Å². The smallest absolute Gasteiger partial charge is 0.332 e. The first-order valence-corrected chi connectivity index (χ1v) is 3.73. The first-order chi connectivity index (χ1) is 6.09. The van der Waals surface area contributed by atoms with Crippen LogP contribution in [-0.2, 0) is 16.1 Å². The molecule has 1 heterocycles. The molecule has 1 rings (SSSR count). The lowest BCUT2D eigenvalue weighted by molar-refractivity contribution is -0.150. The maximum absolute atomic E-state index is 10.3. The zero-order chi connectivity index (χ0) is 9.84. The average molecular weight is 186 g/mol. The van der Waals surface area contributed by atoms with Gasteiger partial charge in [-0.1, -0.05) is 0 Å². The minimum absolute atomic E-state index is 0.0221. The maximum atomic E-state index is 10.3. The number of hydrogen-bond acceptors (Lipinski definition) is 5. The molecule has 0 aliphatic carbocycles. The van der Waals surface area contributed by atoms with Crippen molar-refractivity contribution in [1.82, 2.24) is 10.2 Å². The summed E-state index contributed by atoms with van der Waals surface area (Å²) in [5, 5.41) is 15.7. The van der Waals surface area contributed by atoms with Gasteiger partial charge in [0.15, 0.2) is 6.10 Å². The van der Waals surface area contributed by atoms with Gasteiger partial charge in [-0.2, -0.15) is 0 Å². The van der Waals surface area contributed by atoms with Gasteiger partial charge in [-0.3, -0.25) is 0 Å². The van der Waals surface area contributed by atoms with E-state index < -0.39 is 12.1 Å². The highest BCUT2D eigenvalue weighted by molar-refractivity contribution is 5.71. The second kappa shape index (κ2) is 3.99. The predicted molar refractivity (Wildman–Crippen MR) is 40.9 cm³/mol. The van der Waals surface area contributed by atoms with Crippen molar-refractivity contribution >= 4 is 5.97 Å². The fourth-order valence-electron chi connectivity index (χ4n) is 0.663. The lowest BCUT2D eigenvalue weighted by Gasteiger charge is -2.04. The van der Waals surface area contributed by atoms with Crippen molar-refractivity contribution in [2.75, 3.05) is 0 Å². The first kappa shape index (κ1) is 9.66. The molecule has 0 unspecified atom stereocenters. The molecule has 13 heavy (non-hydrogen) atoms. The number of aliphatic carboxylic acids is 1. The van der Waals surface area contributed by atoms with Crippen LogP contribution in [0.25, 0.3) is 0 Å². The second-order valence-electron chi connectivity index (χ2n) is 2.51. The summed E-state index contributed by atoms with van der Waals surface area (Å²) >= 11 is 0. The third-order valence-corrected chi connectivity index (χ3v) is 1.37. The highest BCUT2D eigenvalue weighted by Gasteiger charge is 2.12. The Morgan fingerprint density at radius 3 is 2.85 bits per heavy atom. The first-order valence-electron chi connectivity index (χ1n) is 3.73. The Hall–Kier alpha value is -1.43. The molecule has 72 valence electrons. The van der Waals surface area contributed by atoms with Crippen LogP contribution >= 0.6 is 0 Å². The van der Waals surface area contributed by atoms with Gasteiger partial charge in [0.05, 0.1) is 0 Å². The lowest BCUT2D eigenvalue weighted by atomic mass is 10.4. The molecule has 1 aromatic heterocycles. The van der Waals surface area contributed by atoms with Crippen LogP contribution in [0, 0.1) is 6.92 Å². The molecule has 6 nitrogen and oxygen atoms in total. The molecule has 1 aromatic rings. The Balaban J connectivity index is 2.39. The number of carboxylic acids is 1. The third kappa shape index (κ3) is 2.83. The number of nitrogens with zero attached hydrogens (tertiary/aromatic N) is 2. The van der Waals surface area contributed by atoms with Crippen LogP contribution in [0.4, 0.5) is 0 Å². The maximum Gasteiger partial charge on any atom is 0.332 e. The van der Waals surface area contributed by atoms with E-state index in [0.29, 0.717) is 5.89 Å². The van der Waals surface area contributed by atoms with Crippen LogP contribution in [0.2, 0.25) is 0 Å². The molecule has 0 radical (unpaired) electrons. The Morgan fingerprint density at radius 2 is 2.38 bits per heavy atom. The Morgan fingerprint density at radius 1 is 1.69 bits per heavy atom. The molecule has 1 atom stereocenters. The quantitative estimate of drug-likeness (QED) is 0.731. The number of rotatable bonds is 4. The normalized spacial score (nSPS) is 12.8. The highest BCUT2D eigenvalue weighted by atomic mass is 16.5. The summed E-state index contributed by atoms with van der Waals surface area (Å²) in [6, 6.07) is 0. The molecule has 0 saturated heterocycles. The minimum atomic E-state index is -1.02. The largest absolute Gasteiger partial charge is 0.479 e. The highest BCUT2D eigenvalue weighted by Crippen LogP contribution is 2.02. The fourth-order valence-corrected chi connectivity index (χ4v) is 0.663. The zero-order valence-corrected chi connectivity index (χ0v) is 7.35. The summed E-state index contributed by atoms with van der Waals surface area (Å²) in [7, 11) is 0. The lowest BCUT2D eigenvalue weighted by Crippen LogP contribution is -2.19. The van der Waals surface area contributed by atoms with Gasteiger partial charge in [0, 0.05) is 6.92 Å². The average Bonchev–Trinajstić information content (AvgIpc) is 2.47. The standard InChI is InChI=1S/C7H10N2O4/c1-4(7(10)11)12-3-6-9-8-5(2)13-6/h4H,3H2,1-2H3,(H,10,11)/t4-/m0/s1. The number of aromatic nitrogens is 2. The third-order valence-electron chi connectivity index (χ3n) is 1.37. The summed E-state index contributed by atoms with van der Waals surface area (Å²) in [5.74, 6) is -0.302. The van der Waals surface area contributed by atoms with E-state index in [1.165, 1.54) is 6.92 Å². The number of hydrogen-bond donors (Lipinski definition) is 1. The zero-order valence-electron chi connectivity index (χ0n) is 7.35. The molecule has 0 saturated carbocycles. The van der Waals surface area contributed by atoms with Crippen LogP contribution in [0.1, 0.15) is 18.7 Å². The molecular weight excluding hydrogens is 176 g/mol. The van der Waals surface area contributed by atoms with Crippen molar-refractivity contribution in [3.05, 3.63) is 11.8 Å². The molecule has 0 amide bonds. The van der Waals surface area contributed by atoms with Crippen LogP contribution in [-0.4, -0.2) is 27.4 Å². The summed E-state index contributed by atoms with van der Waals surface area (Å²) in [6.07, 6.45) is -0.868. The number of aryl methyl sites for hydroxylation is 1. The number of ether oxygens (including phenoxy) is 1. The number of carbonyl (C=O) groups is 1. The van der Waals surface area contributed by atoms with E-state index in [1.54, 1.807) is 6.92 Å². The molecule has 0 fully saturated rings. The molecular formula is C7H10N2O4. The van der Waals surface area contributed by atoms with Gasteiger partial charge in [-0.25, -0.2) is 4.79 Å². The van der Waals surface area contributed by atoms with Crippen molar-refractivity contribution in [1.29, 1.82) is 0 Å². The monoisotopic (exact) mass is 186 g/mol. The van der Waals surface area contributed by atoms with Crippen molar-refractivity contribution in [2.24, 2.45) is 0 Å². The fraction of sp³-hybridized carbons (Fsp3) is 0.571. The van der Waals surface area contributed by atoms with Crippen molar-refractivity contribution in [2.45, 2.75) is 26.6 Å². The van der Waals surface area contributed by atoms with E-state index in [9.17, 15) is 4.79 Å². The second-order valence-corrected chi connectivity index (χ2v) is 2.51. The molecule has 6 heteroatoms. The molecule has 0 bridgehead atoms. The molecule has 0 aliphatic heterocycles. The van der Waals surface area contributed by atoms with Gasteiger partial charge < -0.3 is 14.3 Å². The Bertz CT molecular complexity index is 296. The summed E-state index contributed by atoms with van der Waals surface area (Å²) in [4.78, 5) is 10.3. The van der Waals surface area contributed by atoms with Gasteiger partial charge in [-0.05, 0) is 6.92 Å². The molecule has 1 N–H and O–H groups in total. The van der Waals surface area contributed by atoms with E-state index in [1.807, 2.05) is 0 Å². The Labute approximate surface area is 74.5 Å². The van der Waals surface area contributed by atoms with Crippen LogP contribution in [0.5, 0.6) is 0 Å². The predicted octanol–water partition coefficient (Wildman–Crippen LogP) is 0.368. The molecule has 0 aliphatic rings. The molecule has 0 aromatic carbocycles. The SMILES string of the molecule is Cc1nnc(CO[C@@H](C)C(=O)O)o1. The van der Waals surface area contributed by atoms with Gasteiger partial charge in [-0.15, -0.1) is 10.2 Å². The van der Waals surface area contributed by atoms with Gasteiger partial charge in [0.2, 0.25) is 11.8 Å². The van der Waals surface area contributed by atoms with Crippen molar-refractivity contribution < 1.29 is 19.1 Å². The minimum Gasteiger partial charge on any atom is -0.479 e. The number of carboxylic acid groups (broad SMARTS) is 1. The van der Waals surface area contributed by atoms with Gasteiger partial charge in [0.1, 0.15) is 6.61 Å². The van der Waals surface area contributed by atoms with Crippen LogP contribution < -0.4 is 0 Å². The molecule has 0 spiro atoms. The van der Waals surface area contributed by atoms with Crippen molar-refractivity contribution in [3.8, 4) is 0 Å².